The number of rotatable bonds is 8. The predicted molar refractivity (Wildman–Crippen MR) is 58.1 cm³/mol. The van der Waals surface area contributed by atoms with Crippen molar-refractivity contribution < 1.29 is 8.42 Å². The highest BCUT2D eigenvalue weighted by Crippen LogP contribution is 1.97. The van der Waals surface area contributed by atoms with E-state index in [1.807, 2.05) is 13.8 Å². The zero-order chi connectivity index (χ0) is 11.0. The van der Waals surface area contributed by atoms with Crippen LogP contribution >= 0.6 is 0 Å². The molecule has 4 N–H and O–H groups in total. The lowest BCUT2D eigenvalue weighted by Gasteiger charge is -2.11. The molecular formula is C8H21N3O2S. The maximum absolute atomic E-state index is 11.2. The van der Waals surface area contributed by atoms with E-state index >= 15 is 0 Å². The summed E-state index contributed by atoms with van der Waals surface area (Å²) in [6.07, 6.45) is 1.62. The van der Waals surface area contributed by atoms with Crippen LogP contribution in [0.25, 0.3) is 0 Å². The number of hydrogen-bond donors (Lipinski definition) is 3. The van der Waals surface area contributed by atoms with E-state index in [0.717, 1.165) is 12.8 Å². The zero-order valence-corrected chi connectivity index (χ0v) is 9.73. The van der Waals surface area contributed by atoms with Crippen LogP contribution < -0.4 is 15.2 Å². The zero-order valence-electron chi connectivity index (χ0n) is 8.91. The molecule has 0 bridgehead atoms. The highest BCUT2D eigenvalue weighted by atomic mass is 32.2. The van der Waals surface area contributed by atoms with Crippen molar-refractivity contribution in [3.8, 4) is 0 Å². The van der Waals surface area contributed by atoms with Gasteiger partial charge in [-0.05, 0) is 25.3 Å². The van der Waals surface area contributed by atoms with Crippen LogP contribution in [0.4, 0.5) is 0 Å². The lowest BCUT2D eigenvalue weighted by Crippen LogP contribution is -2.39. The number of hydrogen-bond acceptors (Lipinski definition) is 3. The molecule has 1 atom stereocenters. The van der Waals surface area contributed by atoms with Crippen molar-refractivity contribution in [3.63, 3.8) is 0 Å². The summed E-state index contributed by atoms with van der Waals surface area (Å²) in [4.78, 5) is 0. The lowest BCUT2D eigenvalue weighted by molar-refractivity contribution is 0.509. The van der Waals surface area contributed by atoms with Crippen LogP contribution in [-0.4, -0.2) is 28.1 Å². The van der Waals surface area contributed by atoms with Crippen molar-refractivity contribution in [3.05, 3.63) is 0 Å². The van der Waals surface area contributed by atoms with Crippen molar-refractivity contribution in [2.24, 2.45) is 11.7 Å². The van der Waals surface area contributed by atoms with Crippen LogP contribution in [0.2, 0.25) is 0 Å². The SMILES string of the molecule is CCCNS(=O)(=O)NCC(C)CCN. The molecule has 1 unspecified atom stereocenters. The van der Waals surface area contributed by atoms with Gasteiger partial charge in [0, 0.05) is 13.1 Å². The molecule has 0 spiro atoms. The largest absolute Gasteiger partial charge is 0.330 e. The molecule has 0 aromatic carbocycles. The Bertz CT molecular complexity index is 229. The standard InChI is InChI=1S/C8H21N3O2S/c1-3-6-10-14(12,13)11-7-8(2)4-5-9/h8,10-11H,3-7,9H2,1-2H3. The van der Waals surface area contributed by atoms with Crippen LogP contribution in [0, 0.1) is 5.92 Å². The first-order chi connectivity index (χ1) is 6.52. The van der Waals surface area contributed by atoms with Crippen molar-refractivity contribution in [2.75, 3.05) is 19.6 Å². The summed E-state index contributed by atoms with van der Waals surface area (Å²) in [5.41, 5.74) is 5.36. The molecule has 86 valence electrons. The summed E-state index contributed by atoms with van der Waals surface area (Å²) in [5, 5.41) is 0. The highest BCUT2D eigenvalue weighted by Gasteiger charge is 2.09. The van der Waals surface area contributed by atoms with Gasteiger partial charge in [0.05, 0.1) is 0 Å². The second-order valence-corrected chi connectivity index (χ2v) is 5.01. The Morgan fingerprint density at radius 1 is 1.36 bits per heavy atom. The van der Waals surface area contributed by atoms with Gasteiger partial charge < -0.3 is 5.73 Å². The average molecular weight is 223 g/mol. The van der Waals surface area contributed by atoms with E-state index in [1.54, 1.807) is 0 Å². The molecule has 0 amide bonds. The van der Waals surface area contributed by atoms with Gasteiger partial charge in [0.15, 0.2) is 0 Å². The molecule has 0 aliphatic heterocycles. The summed E-state index contributed by atoms with van der Waals surface area (Å²) < 4.78 is 27.4. The Morgan fingerprint density at radius 3 is 2.50 bits per heavy atom. The molecule has 6 heteroatoms. The molecule has 0 aliphatic rings. The molecule has 0 saturated carbocycles. The van der Waals surface area contributed by atoms with Gasteiger partial charge in [-0.25, -0.2) is 9.44 Å². The van der Waals surface area contributed by atoms with Gasteiger partial charge in [0.1, 0.15) is 0 Å². The second-order valence-electron chi connectivity index (χ2n) is 3.43. The minimum atomic E-state index is -3.30. The monoisotopic (exact) mass is 223 g/mol. The molecule has 0 heterocycles. The Kier molecular flexibility index (Phi) is 7.08. The summed E-state index contributed by atoms with van der Waals surface area (Å²) in [7, 11) is -3.30. The van der Waals surface area contributed by atoms with Crippen LogP contribution in [0.1, 0.15) is 26.7 Å². The van der Waals surface area contributed by atoms with Crippen LogP contribution in [-0.2, 0) is 10.2 Å². The molecule has 0 aliphatic carbocycles. The fourth-order valence-corrected chi connectivity index (χ4v) is 2.00. The molecule has 5 nitrogen and oxygen atoms in total. The molecule has 0 fully saturated rings. The lowest BCUT2D eigenvalue weighted by atomic mass is 10.1. The third-order valence-electron chi connectivity index (χ3n) is 1.82. The van der Waals surface area contributed by atoms with Crippen LogP contribution in [0.15, 0.2) is 0 Å². The van der Waals surface area contributed by atoms with Crippen LogP contribution in [0.3, 0.4) is 0 Å². The fraction of sp³-hybridized carbons (Fsp3) is 1.00. The van der Waals surface area contributed by atoms with Gasteiger partial charge in [-0.15, -0.1) is 0 Å². The van der Waals surface area contributed by atoms with E-state index in [9.17, 15) is 8.42 Å². The first-order valence-electron chi connectivity index (χ1n) is 4.96. The van der Waals surface area contributed by atoms with Crippen molar-refractivity contribution >= 4 is 10.2 Å². The summed E-state index contributed by atoms with van der Waals surface area (Å²) in [6.45, 7) is 5.39. The van der Waals surface area contributed by atoms with E-state index in [1.165, 1.54) is 0 Å². The molecule has 0 rings (SSSR count). The first-order valence-corrected chi connectivity index (χ1v) is 6.44. The Balaban J connectivity index is 3.75. The maximum atomic E-state index is 11.2. The predicted octanol–water partition coefficient (Wildman–Crippen LogP) is -0.195. The minimum absolute atomic E-state index is 0.276. The Labute approximate surface area is 86.6 Å². The van der Waals surface area contributed by atoms with E-state index < -0.39 is 10.2 Å². The molecule has 0 radical (unpaired) electrons. The van der Waals surface area contributed by atoms with Gasteiger partial charge in [0.25, 0.3) is 10.2 Å². The molecule has 0 aromatic heterocycles. The number of nitrogens with one attached hydrogen (secondary N) is 2. The van der Waals surface area contributed by atoms with Gasteiger partial charge in [0.2, 0.25) is 0 Å². The quantitative estimate of drug-likeness (QED) is 0.533. The van der Waals surface area contributed by atoms with E-state index in [4.69, 9.17) is 5.73 Å². The van der Waals surface area contributed by atoms with E-state index in [2.05, 4.69) is 9.44 Å². The van der Waals surface area contributed by atoms with Gasteiger partial charge in [-0.3, -0.25) is 0 Å². The molecular weight excluding hydrogens is 202 g/mol. The third kappa shape index (κ3) is 7.25. The summed E-state index contributed by atoms with van der Waals surface area (Å²) >= 11 is 0. The third-order valence-corrected chi connectivity index (χ3v) is 2.95. The first kappa shape index (κ1) is 13.8. The summed E-state index contributed by atoms with van der Waals surface area (Å²) in [5.74, 6) is 0.276. The Morgan fingerprint density at radius 2 is 2.00 bits per heavy atom. The number of nitrogens with two attached hydrogens (primary N) is 1. The van der Waals surface area contributed by atoms with Crippen molar-refractivity contribution in [1.29, 1.82) is 0 Å². The van der Waals surface area contributed by atoms with Crippen LogP contribution in [0.5, 0.6) is 0 Å². The maximum Gasteiger partial charge on any atom is 0.276 e. The average Bonchev–Trinajstić information content (AvgIpc) is 2.13. The fourth-order valence-electron chi connectivity index (χ4n) is 0.926. The van der Waals surface area contributed by atoms with Crippen molar-refractivity contribution in [2.45, 2.75) is 26.7 Å². The smallest absolute Gasteiger partial charge is 0.276 e. The second kappa shape index (κ2) is 7.17. The van der Waals surface area contributed by atoms with E-state index in [-0.39, 0.29) is 5.92 Å². The van der Waals surface area contributed by atoms with E-state index in [0.29, 0.717) is 19.6 Å². The Hall–Kier alpha value is -0.170. The van der Waals surface area contributed by atoms with Gasteiger partial charge in [-0.2, -0.15) is 8.42 Å². The molecule has 0 aromatic rings. The van der Waals surface area contributed by atoms with Gasteiger partial charge >= 0.3 is 0 Å². The highest BCUT2D eigenvalue weighted by molar-refractivity contribution is 7.87. The van der Waals surface area contributed by atoms with Gasteiger partial charge in [-0.1, -0.05) is 13.8 Å². The van der Waals surface area contributed by atoms with Crippen molar-refractivity contribution in [1.82, 2.24) is 9.44 Å². The molecule has 0 saturated heterocycles. The normalized spacial score (nSPS) is 14.2. The minimum Gasteiger partial charge on any atom is -0.330 e. The molecule has 14 heavy (non-hydrogen) atoms. The summed E-state index contributed by atoms with van der Waals surface area (Å²) in [6, 6.07) is 0. The topological polar surface area (TPSA) is 84.2 Å².